The van der Waals surface area contributed by atoms with Gasteiger partial charge in [-0.15, -0.1) is 6.42 Å². The molecule has 0 unspecified atom stereocenters. The first kappa shape index (κ1) is 19.7. The first-order valence-electron chi connectivity index (χ1n) is 7.59. The summed E-state index contributed by atoms with van der Waals surface area (Å²) < 4.78 is 5.53. The van der Waals surface area contributed by atoms with Gasteiger partial charge in [-0.2, -0.15) is 0 Å². The van der Waals surface area contributed by atoms with E-state index in [0.29, 0.717) is 18.8 Å². The average molecular weight is 294 g/mol. The second-order valence-corrected chi connectivity index (χ2v) is 6.94. The van der Waals surface area contributed by atoms with Gasteiger partial charge in [-0.1, -0.05) is 25.8 Å². The Morgan fingerprint density at radius 2 is 1.90 bits per heavy atom. The summed E-state index contributed by atoms with van der Waals surface area (Å²) in [5, 5.41) is 10.1. The number of hydrogen-bond acceptors (Lipinski definition) is 3. The Labute approximate surface area is 129 Å². The molecule has 0 aromatic rings. The van der Waals surface area contributed by atoms with Crippen LogP contribution in [-0.4, -0.2) is 23.3 Å². The largest absolute Gasteiger partial charge is 0.456 e. The van der Waals surface area contributed by atoms with Crippen LogP contribution in [0.4, 0.5) is 0 Å². The van der Waals surface area contributed by atoms with Crippen molar-refractivity contribution >= 4 is 5.97 Å². The topological polar surface area (TPSA) is 46.5 Å². The van der Waals surface area contributed by atoms with Crippen molar-refractivity contribution in [2.75, 3.05) is 0 Å². The van der Waals surface area contributed by atoms with E-state index in [0.717, 1.165) is 0 Å². The maximum absolute atomic E-state index is 12.0. The molecule has 0 saturated heterocycles. The number of allylic oxidation sites excluding steroid dienone is 1. The van der Waals surface area contributed by atoms with Crippen LogP contribution in [0.5, 0.6) is 0 Å². The molecule has 0 aliphatic carbocycles. The van der Waals surface area contributed by atoms with Gasteiger partial charge in [0.15, 0.2) is 0 Å². The van der Waals surface area contributed by atoms with Crippen LogP contribution < -0.4 is 0 Å². The Hall–Kier alpha value is -1.27. The molecule has 21 heavy (non-hydrogen) atoms. The highest BCUT2D eigenvalue weighted by Gasteiger charge is 2.29. The zero-order valence-corrected chi connectivity index (χ0v) is 14.2. The lowest BCUT2D eigenvalue weighted by molar-refractivity contribution is -0.158. The van der Waals surface area contributed by atoms with E-state index in [1.807, 2.05) is 13.0 Å². The second kappa shape index (κ2) is 8.89. The van der Waals surface area contributed by atoms with E-state index in [2.05, 4.69) is 19.8 Å². The maximum Gasteiger partial charge on any atom is 0.311 e. The molecule has 0 spiro atoms. The minimum atomic E-state index is -0.574. The molecule has 0 bridgehead atoms. The Morgan fingerprint density at radius 1 is 1.33 bits per heavy atom. The van der Waals surface area contributed by atoms with Crippen LogP contribution in [-0.2, 0) is 9.53 Å². The Balaban J connectivity index is 4.90. The second-order valence-electron chi connectivity index (χ2n) is 6.94. The lowest BCUT2D eigenvalue weighted by atomic mass is 9.91. The lowest BCUT2D eigenvalue weighted by Crippen LogP contribution is -2.32. The van der Waals surface area contributed by atoms with Gasteiger partial charge in [0.1, 0.15) is 6.10 Å². The number of aliphatic hydroxyl groups excluding tert-OH is 1. The fraction of sp³-hybridized carbons (Fsp3) is 0.722. The fourth-order valence-corrected chi connectivity index (χ4v) is 1.98. The van der Waals surface area contributed by atoms with Crippen molar-refractivity contribution in [2.45, 2.75) is 66.6 Å². The van der Waals surface area contributed by atoms with Crippen LogP contribution >= 0.6 is 0 Å². The van der Waals surface area contributed by atoms with Crippen LogP contribution in [0.3, 0.4) is 0 Å². The molecule has 0 fully saturated rings. The van der Waals surface area contributed by atoms with Gasteiger partial charge in [0.2, 0.25) is 0 Å². The number of aliphatic hydroxyl groups is 1. The molecule has 3 nitrogen and oxygen atoms in total. The summed E-state index contributed by atoms with van der Waals surface area (Å²) >= 11 is 0. The van der Waals surface area contributed by atoms with Crippen molar-refractivity contribution in [3.8, 4) is 12.3 Å². The lowest BCUT2D eigenvalue weighted by Gasteiger charge is -2.26. The predicted octanol–water partition coefficient (Wildman–Crippen LogP) is 3.57. The number of carbonyl (C=O) groups excluding carboxylic acids is 1. The highest BCUT2D eigenvalue weighted by Crippen LogP contribution is 2.23. The summed E-state index contributed by atoms with van der Waals surface area (Å²) in [4.78, 5) is 12.0. The van der Waals surface area contributed by atoms with Gasteiger partial charge in [0, 0.05) is 0 Å². The molecule has 0 saturated carbocycles. The van der Waals surface area contributed by atoms with Crippen molar-refractivity contribution in [3.63, 3.8) is 0 Å². The summed E-state index contributed by atoms with van der Waals surface area (Å²) in [6.45, 7) is 11.4. The van der Waals surface area contributed by atoms with E-state index in [1.165, 1.54) is 0 Å². The molecule has 3 atom stereocenters. The third kappa shape index (κ3) is 7.92. The van der Waals surface area contributed by atoms with Gasteiger partial charge in [-0.3, -0.25) is 4.79 Å². The highest BCUT2D eigenvalue weighted by molar-refractivity contribution is 5.75. The van der Waals surface area contributed by atoms with E-state index in [1.54, 1.807) is 26.8 Å². The predicted molar refractivity (Wildman–Crippen MR) is 86.6 cm³/mol. The van der Waals surface area contributed by atoms with E-state index in [9.17, 15) is 9.90 Å². The fourth-order valence-electron chi connectivity index (χ4n) is 1.98. The van der Waals surface area contributed by atoms with Crippen molar-refractivity contribution in [2.24, 2.45) is 17.3 Å². The van der Waals surface area contributed by atoms with Gasteiger partial charge in [0.05, 0.1) is 17.4 Å². The molecule has 0 aliphatic rings. The van der Waals surface area contributed by atoms with Crippen molar-refractivity contribution in [1.29, 1.82) is 0 Å². The quantitative estimate of drug-likeness (QED) is 0.443. The zero-order chi connectivity index (χ0) is 16.6. The smallest absolute Gasteiger partial charge is 0.311 e. The van der Waals surface area contributed by atoms with Crippen LogP contribution in [0.2, 0.25) is 0 Å². The number of esters is 1. The zero-order valence-electron chi connectivity index (χ0n) is 14.2. The minimum absolute atomic E-state index is 0.288. The highest BCUT2D eigenvalue weighted by atomic mass is 16.5. The van der Waals surface area contributed by atoms with Crippen molar-refractivity contribution in [3.05, 3.63) is 12.2 Å². The van der Waals surface area contributed by atoms with Crippen LogP contribution in [0, 0.1) is 29.6 Å². The number of rotatable bonds is 7. The standard InChI is InChI=1S/C18H30O3/c1-8-10-16(21-17(20)18(5,6)7)14(9-2)12-15(19)11-13(3)4/h2,8,10,13-16,19H,11-12H2,1,3-7H3/b10-8+/t14-,15-,16-/m1/s1. The van der Waals surface area contributed by atoms with E-state index >= 15 is 0 Å². The third-order valence-electron chi connectivity index (χ3n) is 3.12. The molecule has 0 aromatic carbocycles. The molecule has 1 N–H and O–H groups in total. The van der Waals surface area contributed by atoms with Gasteiger partial charge in [-0.05, 0) is 52.5 Å². The minimum Gasteiger partial charge on any atom is -0.456 e. The van der Waals surface area contributed by atoms with Crippen LogP contribution in [0.25, 0.3) is 0 Å². The molecular formula is C18H30O3. The normalized spacial score (nSPS) is 16.5. The molecular weight excluding hydrogens is 264 g/mol. The molecule has 3 heteroatoms. The first-order chi connectivity index (χ1) is 9.61. The molecule has 0 rings (SSSR count). The summed E-state index contributed by atoms with van der Waals surface area (Å²) in [7, 11) is 0. The van der Waals surface area contributed by atoms with E-state index in [-0.39, 0.29) is 11.9 Å². The third-order valence-corrected chi connectivity index (χ3v) is 3.12. The van der Waals surface area contributed by atoms with Crippen molar-refractivity contribution < 1.29 is 14.6 Å². The van der Waals surface area contributed by atoms with Crippen molar-refractivity contribution in [1.82, 2.24) is 0 Å². The van der Waals surface area contributed by atoms with E-state index < -0.39 is 17.6 Å². The van der Waals surface area contributed by atoms with Gasteiger partial charge < -0.3 is 9.84 Å². The molecule has 0 radical (unpaired) electrons. The Morgan fingerprint density at radius 3 is 2.29 bits per heavy atom. The molecule has 0 aliphatic heterocycles. The molecule has 120 valence electrons. The summed E-state index contributed by atoms with van der Waals surface area (Å²) in [6, 6.07) is 0. The van der Waals surface area contributed by atoms with Gasteiger partial charge in [0.25, 0.3) is 0 Å². The van der Waals surface area contributed by atoms with Gasteiger partial charge in [-0.25, -0.2) is 0 Å². The summed E-state index contributed by atoms with van der Waals surface area (Å²) in [6.07, 6.45) is 9.34. The summed E-state index contributed by atoms with van der Waals surface area (Å²) in [5.41, 5.74) is -0.574. The number of carbonyl (C=O) groups is 1. The molecule has 0 amide bonds. The Kier molecular flexibility index (Phi) is 8.36. The first-order valence-corrected chi connectivity index (χ1v) is 7.59. The molecule has 0 aromatic heterocycles. The average Bonchev–Trinajstić information content (AvgIpc) is 2.33. The molecule has 0 heterocycles. The van der Waals surface area contributed by atoms with E-state index in [4.69, 9.17) is 11.2 Å². The number of terminal acetylenes is 1. The SMILES string of the molecule is C#C[C@H](C[C@H](O)CC(C)C)[C@@H](/C=C/C)OC(=O)C(C)(C)C. The van der Waals surface area contributed by atoms with Crippen LogP contribution in [0.1, 0.15) is 54.4 Å². The summed E-state index contributed by atoms with van der Waals surface area (Å²) in [5.74, 6) is 2.45. The monoisotopic (exact) mass is 294 g/mol. The maximum atomic E-state index is 12.0. The Bertz CT molecular complexity index is 382. The number of ether oxygens (including phenoxy) is 1. The van der Waals surface area contributed by atoms with Crippen LogP contribution in [0.15, 0.2) is 12.2 Å². The van der Waals surface area contributed by atoms with Gasteiger partial charge >= 0.3 is 5.97 Å². The number of hydrogen-bond donors (Lipinski definition) is 1.